The fourth-order valence-electron chi connectivity index (χ4n) is 5.12. The number of benzene rings is 2. The molecule has 0 radical (unpaired) electrons. The minimum absolute atomic E-state index is 0.00449. The molecular weight excluding hydrogens is 429 g/mol. The van der Waals surface area contributed by atoms with Gasteiger partial charge >= 0.3 is 0 Å². The van der Waals surface area contributed by atoms with Gasteiger partial charge in [0.05, 0.1) is 0 Å². The van der Waals surface area contributed by atoms with Crippen LogP contribution in [0.2, 0.25) is 0 Å². The summed E-state index contributed by atoms with van der Waals surface area (Å²) in [7, 11) is 0. The van der Waals surface area contributed by atoms with Gasteiger partial charge in [0.1, 0.15) is 11.6 Å². The third kappa shape index (κ3) is 5.27. The zero-order valence-corrected chi connectivity index (χ0v) is 20.5. The second kappa shape index (κ2) is 10.2. The van der Waals surface area contributed by atoms with Gasteiger partial charge in [0.15, 0.2) is 0 Å². The molecule has 2 heterocycles. The Morgan fingerprint density at radius 3 is 2.91 bits per heavy atom. The molecule has 0 bridgehead atoms. The number of aryl methyl sites for hydroxylation is 1. The monoisotopic (exact) mass is 465 g/mol. The van der Waals surface area contributed by atoms with Gasteiger partial charge in [-0.3, -0.25) is 4.79 Å². The van der Waals surface area contributed by atoms with Crippen molar-refractivity contribution in [2.75, 3.05) is 19.6 Å². The first kappa shape index (κ1) is 24.3. The van der Waals surface area contributed by atoms with Crippen LogP contribution in [0.1, 0.15) is 61.0 Å². The van der Waals surface area contributed by atoms with E-state index >= 15 is 0 Å². The molecule has 1 amide bonds. The molecule has 3 N–H and O–H groups in total. The molecule has 0 unspecified atom stereocenters. The average molecular weight is 466 g/mol. The molecule has 0 saturated carbocycles. The maximum atomic E-state index is 14.2. The van der Waals surface area contributed by atoms with Gasteiger partial charge in [-0.1, -0.05) is 26.0 Å². The van der Waals surface area contributed by atoms with Crippen molar-refractivity contribution in [2.24, 2.45) is 5.41 Å². The third-order valence-corrected chi connectivity index (χ3v) is 7.45. The van der Waals surface area contributed by atoms with E-state index in [2.05, 4.69) is 24.1 Å². The number of phenols is 1. The number of hydrogen-bond acceptors (Lipinski definition) is 3. The first-order chi connectivity index (χ1) is 16.3. The maximum Gasteiger partial charge on any atom is 0.254 e. The molecule has 1 aliphatic heterocycles. The molecule has 2 aromatic carbocycles. The summed E-state index contributed by atoms with van der Waals surface area (Å²) in [5.41, 5.74) is 3.27. The Labute approximate surface area is 201 Å². The number of H-pyrrole nitrogens is 1. The Bertz CT molecular complexity index is 1160. The Hall–Kier alpha value is -2.86. The van der Waals surface area contributed by atoms with Crippen LogP contribution in [0.15, 0.2) is 42.6 Å². The molecule has 182 valence electrons. The van der Waals surface area contributed by atoms with Crippen molar-refractivity contribution in [1.82, 2.24) is 15.2 Å². The fourth-order valence-corrected chi connectivity index (χ4v) is 5.12. The molecule has 1 saturated heterocycles. The zero-order valence-electron chi connectivity index (χ0n) is 20.5. The first-order valence-electron chi connectivity index (χ1n) is 12.4. The molecule has 4 rings (SSSR count). The molecule has 0 spiro atoms. The molecule has 6 heteroatoms. The second-order valence-electron chi connectivity index (χ2n) is 10.1. The smallest absolute Gasteiger partial charge is 0.254 e. The summed E-state index contributed by atoms with van der Waals surface area (Å²) in [6.45, 7) is 8.59. The summed E-state index contributed by atoms with van der Waals surface area (Å²) in [4.78, 5) is 18.0. The van der Waals surface area contributed by atoms with Crippen LogP contribution in [-0.2, 0) is 6.42 Å². The summed E-state index contributed by atoms with van der Waals surface area (Å²) >= 11 is 0. The summed E-state index contributed by atoms with van der Waals surface area (Å²) in [5.74, 6) is -0.00917. The molecule has 5 nitrogen and oxygen atoms in total. The number of likely N-dealkylation sites (tertiary alicyclic amines) is 1. The highest BCUT2D eigenvalue weighted by molar-refractivity contribution is 5.95. The van der Waals surface area contributed by atoms with Crippen molar-refractivity contribution in [3.63, 3.8) is 0 Å². The Morgan fingerprint density at radius 2 is 2.15 bits per heavy atom. The fraction of sp³-hybridized carbons (Fsp3) is 0.464. The van der Waals surface area contributed by atoms with Gasteiger partial charge in [-0.05, 0) is 86.4 Å². The molecule has 34 heavy (non-hydrogen) atoms. The zero-order chi connectivity index (χ0) is 24.3. The summed E-state index contributed by atoms with van der Waals surface area (Å²) < 4.78 is 14.2. The Morgan fingerprint density at radius 1 is 1.32 bits per heavy atom. The van der Waals surface area contributed by atoms with Gasteiger partial charge in [-0.2, -0.15) is 0 Å². The van der Waals surface area contributed by atoms with Gasteiger partial charge in [0, 0.05) is 41.8 Å². The number of halogens is 1. The lowest BCUT2D eigenvalue weighted by atomic mass is 9.83. The van der Waals surface area contributed by atoms with E-state index in [1.165, 1.54) is 6.07 Å². The summed E-state index contributed by atoms with van der Waals surface area (Å²) in [5, 5.41) is 14.3. The number of nitrogens with one attached hydrogen (secondary N) is 2. The van der Waals surface area contributed by atoms with Crippen LogP contribution < -0.4 is 5.32 Å². The lowest BCUT2D eigenvalue weighted by Gasteiger charge is -2.27. The number of aromatic amines is 1. The Kier molecular flexibility index (Phi) is 7.27. The Balaban J connectivity index is 1.27. The van der Waals surface area contributed by atoms with Gasteiger partial charge in [0.25, 0.3) is 5.91 Å². The molecule has 1 aromatic heterocycles. The minimum atomic E-state index is -0.171. The van der Waals surface area contributed by atoms with Crippen LogP contribution in [0.25, 0.3) is 10.9 Å². The number of amides is 1. The standard InChI is InChI=1S/C28H36FN3O2/c1-4-22(30-14-11-21-17-31-24-7-5-6-23(29)26(21)24)10-12-28(3)13-15-32(18-28)27(34)20-9-8-19(2)25(33)16-20/h5-9,16-17,22,30-31,33H,4,10-15,18H2,1-3H3/t22-,28+/m1/s1. The topological polar surface area (TPSA) is 68.4 Å². The minimum Gasteiger partial charge on any atom is -0.508 e. The van der Waals surface area contributed by atoms with E-state index in [0.717, 1.165) is 68.4 Å². The first-order valence-corrected chi connectivity index (χ1v) is 12.4. The van der Waals surface area contributed by atoms with Gasteiger partial charge < -0.3 is 20.3 Å². The molecule has 1 aliphatic rings. The summed E-state index contributed by atoms with van der Waals surface area (Å²) in [6, 6.07) is 10.7. The number of carbonyl (C=O) groups is 1. The molecular formula is C28H36FN3O2. The van der Waals surface area contributed by atoms with Crippen LogP contribution in [0.3, 0.4) is 0 Å². The van der Waals surface area contributed by atoms with Crippen LogP contribution in [-0.4, -0.2) is 46.6 Å². The van der Waals surface area contributed by atoms with Crippen molar-refractivity contribution in [1.29, 1.82) is 0 Å². The highest BCUT2D eigenvalue weighted by Gasteiger charge is 2.36. The maximum absolute atomic E-state index is 14.2. The lowest BCUT2D eigenvalue weighted by Crippen LogP contribution is -2.34. The van der Waals surface area contributed by atoms with E-state index in [0.29, 0.717) is 17.0 Å². The van der Waals surface area contributed by atoms with Gasteiger partial charge in [0.2, 0.25) is 0 Å². The number of aromatic hydroxyl groups is 1. The van der Waals surface area contributed by atoms with Crippen LogP contribution >= 0.6 is 0 Å². The van der Waals surface area contributed by atoms with Gasteiger partial charge in [-0.15, -0.1) is 0 Å². The highest BCUT2D eigenvalue weighted by Crippen LogP contribution is 2.36. The van der Waals surface area contributed by atoms with Crippen molar-refractivity contribution in [3.05, 3.63) is 65.1 Å². The molecule has 3 aromatic rings. The third-order valence-electron chi connectivity index (χ3n) is 7.45. The molecule has 0 aliphatic carbocycles. The summed E-state index contributed by atoms with van der Waals surface area (Å²) in [6.07, 6.45) is 6.80. The average Bonchev–Trinajstić information content (AvgIpc) is 3.42. The predicted molar refractivity (Wildman–Crippen MR) is 135 cm³/mol. The van der Waals surface area contributed by atoms with Crippen LogP contribution in [0.4, 0.5) is 4.39 Å². The number of phenolic OH excluding ortho intramolecular Hbond substituents is 1. The predicted octanol–water partition coefficient (Wildman–Crippen LogP) is 5.56. The number of nitrogens with zero attached hydrogens (tertiary/aromatic N) is 1. The van der Waals surface area contributed by atoms with Crippen molar-refractivity contribution in [3.8, 4) is 5.75 Å². The van der Waals surface area contributed by atoms with Crippen molar-refractivity contribution < 1.29 is 14.3 Å². The van der Waals surface area contributed by atoms with Crippen LogP contribution in [0.5, 0.6) is 5.75 Å². The number of aromatic nitrogens is 1. The van der Waals surface area contributed by atoms with E-state index in [1.807, 2.05) is 24.1 Å². The largest absolute Gasteiger partial charge is 0.508 e. The van der Waals surface area contributed by atoms with E-state index < -0.39 is 0 Å². The SMILES string of the molecule is CC[C@H](CC[C@@]1(C)CCN(C(=O)c2ccc(C)c(O)c2)C1)NCCc1c[nH]c2cccc(F)c12. The number of hydrogen-bond donors (Lipinski definition) is 3. The molecule has 2 atom stereocenters. The van der Waals surface area contributed by atoms with E-state index in [9.17, 15) is 14.3 Å². The van der Waals surface area contributed by atoms with Crippen molar-refractivity contribution in [2.45, 2.75) is 58.9 Å². The number of carbonyl (C=O) groups excluding carboxylic acids is 1. The highest BCUT2D eigenvalue weighted by atomic mass is 19.1. The number of fused-ring (bicyclic) bond motifs is 1. The van der Waals surface area contributed by atoms with E-state index in [4.69, 9.17) is 0 Å². The van der Waals surface area contributed by atoms with E-state index in [1.54, 1.807) is 24.3 Å². The van der Waals surface area contributed by atoms with Gasteiger partial charge in [-0.25, -0.2) is 4.39 Å². The lowest BCUT2D eigenvalue weighted by molar-refractivity contribution is 0.0772. The van der Waals surface area contributed by atoms with Crippen molar-refractivity contribution >= 4 is 16.8 Å². The second-order valence-corrected chi connectivity index (χ2v) is 10.1. The molecule has 1 fully saturated rings. The van der Waals surface area contributed by atoms with Crippen LogP contribution in [0, 0.1) is 18.2 Å². The normalized spacial score (nSPS) is 19.1. The van der Waals surface area contributed by atoms with E-state index in [-0.39, 0.29) is 22.9 Å². The number of rotatable bonds is 9. The quantitative estimate of drug-likeness (QED) is 0.387.